The number of aryl methyl sites for hydroxylation is 1. The number of rotatable bonds is 5. The molecule has 2 aromatic rings. The maximum atomic E-state index is 12.3. The number of imidazole rings is 1. The second-order valence-electron chi connectivity index (χ2n) is 4.70. The van der Waals surface area contributed by atoms with Crippen LogP contribution in [0.5, 0.6) is 0 Å². The van der Waals surface area contributed by atoms with Crippen molar-refractivity contribution in [3.8, 4) is 0 Å². The van der Waals surface area contributed by atoms with Crippen LogP contribution in [-0.2, 0) is 16.5 Å². The van der Waals surface area contributed by atoms with Crippen molar-refractivity contribution in [1.29, 1.82) is 0 Å². The van der Waals surface area contributed by atoms with Gasteiger partial charge in [-0.05, 0) is 13.8 Å². The van der Waals surface area contributed by atoms with Crippen LogP contribution in [0.3, 0.4) is 0 Å². The second kappa shape index (κ2) is 6.05. The molecule has 2 rings (SSSR count). The number of hydrogen-bond acceptors (Lipinski definition) is 5. The van der Waals surface area contributed by atoms with Gasteiger partial charge in [0.2, 0.25) is 0 Å². The number of fused-ring (bicyclic) bond motifs is 1. The number of ether oxygens (including phenoxy) is 2. The molecule has 0 aromatic carbocycles. The van der Waals surface area contributed by atoms with Gasteiger partial charge < -0.3 is 14.0 Å². The fraction of sp³-hybridized carbons (Fsp3) is 0.400. The molecule has 0 saturated heterocycles. The van der Waals surface area contributed by atoms with Gasteiger partial charge in [-0.2, -0.15) is 0 Å². The average Bonchev–Trinajstić information content (AvgIpc) is 2.97. The van der Waals surface area contributed by atoms with Gasteiger partial charge in [-0.1, -0.05) is 0 Å². The number of Topliss-reactive ketones (excluding diaryl/α,β-unsaturated/α-hetero) is 1. The van der Waals surface area contributed by atoms with E-state index in [9.17, 15) is 14.4 Å². The van der Waals surface area contributed by atoms with E-state index in [-0.39, 0.29) is 35.8 Å². The van der Waals surface area contributed by atoms with Crippen LogP contribution >= 0.6 is 0 Å². The van der Waals surface area contributed by atoms with Gasteiger partial charge in [-0.25, -0.2) is 9.59 Å². The van der Waals surface area contributed by atoms with Gasteiger partial charge in [0.05, 0.1) is 13.2 Å². The highest BCUT2D eigenvalue weighted by Crippen LogP contribution is 2.26. The molecule has 0 fully saturated rings. The zero-order valence-electron chi connectivity index (χ0n) is 13.0. The molecule has 0 N–H and O–H groups in total. The van der Waals surface area contributed by atoms with E-state index in [1.807, 2.05) is 0 Å². The van der Waals surface area contributed by atoms with Gasteiger partial charge in [-0.3, -0.25) is 9.20 Å². The van der Waals surface area contributed by atoms with E-state index >= 15 is 0 Å². The van der Waals surface area contributed by atoms with Crippen molar-refractivity contribution in [1.82, 2.24) is 8.97 Å². The predicted octanol–water partition coefficient (Wildman–Crippen LogP) is 1.83. The van der Waals surface area contributed by atoms with E-state index in [1.54, 1.807) is 37.9 Å². The molecule has 22 heavy (non-hydrogen) atoms. The molecule has 0 aliphatic heterocycles. The Balaban J connectivity index is 2.85. The van der Waals surface area contributed by atoms with Gasteiger partial charge in [0, 0.05) is 26.4 Å². The highest BCUT2D eigenvalue weighted by molar-refractivity contribution is 6.15. The summed E-state index contributed by atoms with van der Waals surface area (Å²) < 4.78 is 13.2. The smallest absolute Gasteiger partial charge is 0.342 e. The van der Waals surface area contributed by atoms with Crippen LogP contribution in [0.25, 0.3) is 5.65 Å². The van der Waals surface area contributed by atoms with Crippen LogP contribution in [-0.4, -0.2) is 39.9 Å². The molecule has 0 amide bonds. The monoisotopic (exact) mass is 306 g/mol. The minimum Gasteiger partial charge on any atom is -0.462 e. The van der Waals surface area contributed by atoms with Crippen molar-refractivity contribution >= 4 is 23.4 Å². The van der Waals surface area contributed by atoms with Gasteiger partial charge >= 0.3 is 11.9 Å². The fourth-order valence-electron chi connectivity index (χ4n) is 2.45. The largest absolute Gasteiger partial charge is 0.462 e. The van der Waals surface area contributed by atoms with Gasteiger partial charge in [-0.15, -0.1) is 0 Å². The molecule has 118 valence electrons. The number of carbonyl (C=O) groups excluding carboxylic acids is 3. The first-order chi connectivity index (χ1) is 10.4. The lowest BCUT2D eigenvalue weighted by Crippen LogP contribution is -2.15. The van der Waals surface area contributed by atoms with E-state index in [0.29, 0.717) is 5.65 Å². The van der Waals surface area contributed by atoms with Crippen molar-refractivity contribution in [2.75, 3.05) is 13.2 Å². The first-order valence-electron chi connectivity index (χ1n) is 6.98. The SMILES string of the molecule is CCOC(=O)c1c(C(=O)OCC)c2n(C)ccn2c1C(C)=O. The Morgan fingerprint density at radius 2 is 1.55 bits per heavy atom. The molecule has 0 radical (unpaired) electrons. The summed E-state index contributed by atoms with van der Waals surface area (Å²) in [6.45, 7) is 4.98. The quantitative estimate of drug-likeness (QED) is 0.622. The summed E-state index contributed by atoms with van der Waals surface area (Å²) in [5, 5.41) is 0. The molecule has 7 heteroatoms. The number of esters is 2. The lowest BCUT2D eigenvalue weighted by Gasteiger charge is -2.06. The van der Waals surface area contributed by atoms with E-state index in [0.717, 1.165) is 0 Å². The standard InChI is InChI=1S/C15H18N2O5/c1-5-21-14(19)10-11(15(20)22-6-2)13-16(4)7-8-17(13)12(10)9(3)18/h7-8H,5-6H2,1-4H3. The van der Waals surface area contributed by atoms with Crippen LogP contribution in [0.4, 0.5) is 0 Å². The summed E-state index contributed by atoms with van der Waals surface area (Å²) in [5.74, 6) is -1.70. The number of ketones is 1. The predicted molar refractivity (Wildman–Crippen MR) is 78.3 cm³/mol. The van der Waals surface area contributed by atoms with Gasteiger partial charge in [0.1, 0.15) is 22.5 Å². The van der Waals surface area contributed by atoms with Crippen molar-refractivity contribution < 1.29 is 23.9 Å². The second-order valence-corrected chi connectivity index (χ2v) is 4.70. The molecule has 2 aromatic heterocycles. The molecule has 0 unspecified atom stereocenters. The molecule has 0 aliphatic carbocycles. The molecular weight excluding hydrogens is 288 g/mol. The van der Waals surface area contributed by atoms with Crippen molar-refractivity contribution in [2.45, 2.75) is 20.8 Å². The summed E-state index contributed by atoms with van der Waals surface area (Å²) in [6, 6.07) is 0. The zero-order chi connectivity index (χ0) is 16.4. The highest BCUT2D eigenvalue weighted by atomic mass is 16.5. The average molecular weight is 306 g/mol. The summed E-state index contributed by atoms with van der Waals surface area (Å²) in [6.07, 6.45) is 3.32. The lowest BCUT2D eigenvalue weighted by atomic mass is 10.1. The fourth-order valence-corrected chi connectivity index (χ4v) is 2.45. The van der Waals surface area contributed by atoms with Crippen LogP contribution < -0.4 is 0 Å². The molecule has 0 bridgehead atoms. The summed E-state index contributed by atoms with van der Waals surface area (Å²) in [4.78, 5) is 36.6. The topological polar surface area (TPSA) is 79.0 Å². The van der Waals surface area contributed by atoms with Gasteiger partial charge in [0.15, 0.2) is 5.78 Å². The third kappa shape index (κ3) is 2.38. The summed E-state index contributed by atoms with van der Waals surface area (Å²) >= 11 is 0. The third-order valence-electron chi connectivity index (χ3n) is 3.25. The first kappa shape index (κ1) is 15.8. The maximum absolute atomic E-state index is 12.3. The highest BCUT2D eigenvalue weighted by Gasteiger charge is 2.33. The van der Waals surface area contributed by atoms with Gasteiger partial charge in [0.25, 0.3) is 0 Å². The molecule has 0 saturated carbocycles. The Bertz CT molecular complexity index is 754. The number of nitrogens with zero attached hydrogens (tertiary/aromatic N) is 2. The number of carbonyl (C=O) groups is 3. The molecule has 7 nitrogen and oxygen atoms in total. The van der Waals surface area contributed by atoms with Crippen molar-refractivity contribution in [2.24, 2.45) is 7.05 Å². The molecule has 0 spiro atoms. The van der Waals surface area contributed by atoms with Crippen LogP contribution in [0.15, 0.2) is 12.4 Å². The van der Waals surface area contributed by atoms with E-state index < -0.39 is 11.9 Å². The lowest BCUT2D eigenvalue weighted by molar-refractivity contribution is 0.0480. The summed E-state index contributed by atoms with van der Waals surface area (Å²) in [7, 11) is 1.72. The Labute approximate surface area is 127 Å². The van der Waals surface area contributed by atoms with Crippen molar-refractivity contribution in [3.63, 3.8) is 0 Å². The first-order valence-corrected chi connectivity index (χ1v) is 6.98. The van der Waals surface area contributed by atoms with Crippen LogP contribution in [0, 0.1) is 0 Å². The number of aromatic nitrogens is 2. The van der Waals surface area contributed by atoms with Crippen LogP contribution in [0.1, 0.15) is 52.0 Å². The molecular formula is C15H18N2O5. The van der Waals surface area contributed by atoms with Crippen molar-refractivity contribution in [3.05, 3.63) is 29.2 Å². The summed E-state index contributed by atoms with van der Waals surface area (Å²) in [5.41, 5.74) is 0.556. The number of hydrogen-bond donors (Lipinski definition) is 0. The molecule has 0 atom stereocenters. The zero-order valence-corrected chi connectivity index (χ0v) is 13.0. The Hall–Kier alpha value is -2.57. The molecule has 0 aliphatic rings. The van der Waals surface area contributed by atoms with Crippen LogP contribution in [0.2, 0.25) is 0 Å². The third-order valence-corrected chi connectivity index (χ3v) is 3.25. The molecule has 2 heterocycles. The Kier molecular flexibility index (Phi) is 4.35. The Morgan fingerprint density at radius 1 is 1.00 bits per heavy atom. The van der Waals surface area contributed by atoms with E-state index in [2.05, 4.69) is 0 Å². The van der Waals surface area contributed by atoms with E-state index in [4.69, 9.17) is 9.47 Å². The minimum absolute atomic E-state index is 0.0426. The Morgan fingerprint density at radius 3 is 2.05 bits per heavy atom. The minimum atomic E-state index is -0.709. The maximum Gasteiger partial charge on any atom is 0.342 e. The van der Waals surface area contributed by atoms with E-state index in [1.165, 1.54) is 11.3 Å². The normalized spacial score (nSPS) is 10.7.